The number of halogens is 3. The highest BCUT2D eigenvalue weighted by molar-refractivity contribution is 5.89. The van der Waals surface area contributed by atoms with Crippen LogP contribution in [0.4, 0.5) is 23.7 Å². The van der Waals surface area contributed by atoms with Crippen LogP contribution in [0.25, 0.3) is 0 Å². The zero-order valence-corrected chi connectivity index (χ0v) is 14.7. The SMILES string of the molecule is CCCN(Cc1nc(C(=O)OC)co1)C(=O)Nc1cccc(C(F)(F)F)c1. The number of esters is 1. The molecule has 0 aliphatic carbocycles. The van der Waals surface area contributed by atoms with Crippen molar-refractivity contribution in [2.75, 3.05) is 19.0 Å². The number of hydrogen-bond donors (Lipinski definition) is 1. The molecule has 27 heavy (non-hydrogen) atoms. The molecule has 0 saturated heterocycles. The van der Waals surface area contributed by atoms with Gasteiger partial charge in [-0.05, 0) is 24.6 Å². The smallest absolute Gasteiger partial charge is 0.416 e. The second-order valence-electron chi connectivity index (χ2n) is 5.55. The number of nitrogens with one attached hydrogen (secondary N) is 1. The first kappa shape index (κ1) is 20.3. The van der Waals surface area contributed by atoms with Crippen molar-refractivity contribution in [1.82, 2.24) is 9.88 Å². The van der Waals surface area contributed by atoms with Crippen LogP contribution in [-0.4, -0.2) is 35.5 Å². The number of ether oxygens (including phenoxy) is 1. The van der Waals surface area contributed by atoms with Gasteiger partial charge in [-0.1, -0.05) is 13.0 Å². The van der Waals surface area contributed by atoms with Gasteiger partial charge in [0.1, 0.15) is 6.26 Å². The number of amides is 2. The van der Waals surface area contributed by atoms with Crippen molar-refractivity contribution >= 4 is 17.7 Å². The van der Waals surface area contributed by atoms with E-state index in [2.05, 4.69) is 15.0 Å². The third-order valence-corrected chi connectivity index (χ3v) is 3.49. The first-order valence-electron chi connectivity index (χ1n) is 8.00. The van der Waals surface area contributed by atoms with Crippen LogP contribution in [0.15, 0.2) is 34.9 Å². The van der Waals surface area contributed by atoms with Gasteiger partial charge in [0, 0.05) is 12.2 Å². The van der Waals surface area contributed by atoms with Crippen molar-refractivity contribution in [3.63, 3.8) is 0 Å². The van der Waals surface area contributed by atoms with E-state index in [4.69, 9.17) is 4.42 Å². The van der Waals surface area contributed by atoms with Gasteiger partial charge in [-0.3, -0.25) is 0 Å². The van der Waals surface area contributed by atoms with E-state index < -0.39 is 23.7 Å². The van der Waals surface area contributed by atoms with Crippen LogP contribution < -0.4 is 5.32 Å². The van der Waals surface area contributed by atoms with E-state index in [1.807, 2.05) is 6.92 Å². The molecule has 0 bridgehead atoms. The number of rotatable bonds is 6. The molecule has 0 aliphatic rings. The molecule has 1 aromatic carbocycles. The number of carbonyl (C=O) groups is 2. The largest absolute Gasteiger partial charge is 0.464 e. The van der Waals surface area contributed by atoms with Crippen molar-refractivity contribution < 1.29 is 31.9 Å². The third-order valence-electron chi connectivity index (χ3n) is 3.49. The molecule has 0 spiro atoms. The summed E-state index contributed by atoms with van der Waals surface area (Å²) in [5, 5.41) is 2.43. The number of oxazole rings is 1. The molecule has 10 heteroatoms. The van der Waals surface area contributed by atoms with Gasteiger partial charge in [-0.25, -0.2) is 14.6 Å². The van der Waals surface area contributed by atoms with Gasteiger partial charge < -0.3 is 19.4 Å². The van der Waals surface area contributed by atoms with Crippen molar-refractivity contribution in [3.8, 4) is 0 Å². The monoisotopic (exact) mass is 385 g/mol. The van der Waals surface area contributed by atoms with Crippen LogP contribution in [0.2, 0.25) is 0 Å². The van der Waals surface area contributed by atoms with Crippen LogP contribution in [0, 0.1) is 0 Å². The maximum Gasteiger partial charge on any atom is 0.416 e. The van der Waals surface area contributed by atoms with Crippen molar-refractivity contribution in [2.24, 2.45) is 0 Å². The summed E-state index contributed by atoms with van der Waals surface area (Å²) in [5.41, 5.74) is -0.890. The average Bonchev–Trinajstić information content (AvgIpc) is 3.09. The third kappa shape index (κ3) is 5.47. The van der Waals surface area contributed by atoms with E-state index in [1.165, 1.54) is 24.1 Å². The normalized spacial score (nSPS) is 11.1. The fourth-order valence-corrected chi connectivity index (χ4v) is 2.24. The molecule has 2 aromatic rings. The Morgan fingerprint density at radius 3 is 2.70 bits per heavy atom. The first-order valence-corrected chi connectivity index (χ1v) is 8.00. The predicted octanol–water partition coefficient (Wildman–Crippen LogP) is 3.92. The van der Waals surface area contributed by atoms with Crippen LogP contribution in [0.3, 0.4) is 0 Å². The lowest BCUT2D eigenvalue weighted by molar-refractivity contribution is -0.137. The van der Waals surface area contributed by atoms with E-state index in [0.717, 1.165) is 18.4 Å². The number of urea groups is 1. The highest BCUT2D eigenvalue weighted by Gasteiger charge is 2.30. The molecule has 1 aromatic heterocycles. The number of benzene rings is 1. The molecular weight excluding hydrogens is 367 g/mol. The lowest BCUT2D eigenvalue weighted by atomic mass is 10.2. The Kier molecular flexibility index (Phi) is 6.43. The molecule has 2 rings (SSSR count). The van der Waals surface area contributed by atoms with E-state index in [1.54, 1.807) is 0 Å². The molecule has 0 radical (unpaired) electrons. The summed E-state index contributed by atoms with van der Waals surface area (Å²) >= 11 is 0. The number of hydrogen-bond acceptors (Lipinski definition) is 5. The van der Waals surface area contributed by atoms with E-state index >= 15 is 0 Å². The zero-order valence-electron chi connectivity index (χ0n) is 14.7. The Hall–Kier alpha value is -3.04. The van der Waals surface area contributed by atoms with Gasteiger partial charge in [0.25, 0.3) is 0 Å². The maximum atomic E-state index is 12.8. The summed E-state index contributed by atoms with van der Waals surface area (Å²) in [4.78, 5) is 29.1. The van der Waals surface area contributed by atoms with Crippen molar-refractivity contribution in [3.05, 3.63) is 47.7 Å². The van der Waals surface area contributed by atoms with E-state index in [9.17, 15) is 22.8 Å². The Morgan fingerprint density at radius 2 is 2.07 bits per heavy atom. The fraction of sp³-hybridized carbons (Fsp3) is 0.353. The highest BCUT2D eigenvalue weighted by atomic mass is 19.4. The number of nitrogens with zero attached hydrogens (tertiary/aromatic N) is 2. The number of methoxy groups -OCH3 is 1. The minimum atomic E-state index is -4.51. The van der Waals surface area contributed by atoms with Crippen molar-refractivity contribution in [1.29, 1.82) is 0 Å². The molecule has 146 valence electrons. The highest BCUT2D eigenvalue weighted by Crippen LogP contribution is 2.30. The molecule has 0 fully saturated rings. The Bertz CT molecular complexity index is 805. The summed E-state index contributed by atoms with van der Waals surface area (Å²) in [6.07, 6.45) is -2.80. The molecule has 7 nitrogen and oxygen atoms in total. The summed E-state index contributed by atoms with van der Waals surface area (Å²) in [6.45, 7) is 2.08. The Labute approximate surface area is 153 Å². The summed E-state index contributed by atoms with van der Waals surface area (Å²) in [5.74, 6) is -0.580. The van der Waals surface area contributed by atoms with Gasteiger partial charge in [0.05, 0.1) is 19.2 Å². The van der Waals surface area contributed by atoms with Crippen molar-refractivity contribution in [2.45, 2.75) is 26.1 Å². The van der Waals surface area contributed by atoms with Gasteiger partial charge in [-0.15, -0.1) is 0 Å². The number of anilines is 1. The van der Waals surface area contributed by atoms with Gasteiger partial charge in [0.15, 0.2) is 5.69 Å². The lowest BCUT2D eigenvalue weighted by Crippen LogP contribution is -2.35. The first-order chi connectivity index (χ1) is 12.7. The summed E-state index contributed by atoms with van der Waals surface area (Å²) in [6, 6.07) is 3.72. The summed E-state index contributed by atoms with van der Waals surface area (Å²) < 4.78 is 48.0. The van der Waals surface area contributed by atoms with Crippen LogP contribution in [-0.2, 0) is 17.5 Å². The van der Waals surface area contributed by atoms with E-state index in [-0.39, 0.29) is 23.8 Å². The number of carbonyl (C=O) groups excluding carboxylic acids is 2. The standard InChI is InChI=1S/C17H18F3N3O4/c1-3-7-23(9-14-22-13(10-27-14)15(24)26-2)16(25)21-12-6-4-5-11(8-12)17(18,19)20/h4-6,8,10H,3,7,9H2,1-2H3,(H,21,25). The maximum absolute atomic E-state index is 12.8. The van der Waals surface area contributed by atoms with E-state index in [0.29, 0.717) is 13.0 Å². The number of alkyl halides is 3. The Balaban J connectivity index is 2.11. The molecule has 1 heterocycles. The molecule has 0 unspecified atom stereocenters. The van der Waals surface area contributed by atoms with Gasteiger partial charge in [0.2, 0.25) is 5.89 Å². The summed E-state index contributed by atoms with van der Waals surface area (Å²) in [7, 11) is 1.20. The predicted molar refractivity (Wildman–Crippen MR) is 89.0 cm³/mol. The second-order valence-corrected chi connectivity index (χ2v) is 5.55. The second kappa shape index (κ2) is 8.56. The molecule has 0 atom stereocenters. The number of aromatic nitrogens is 1. The van der Waals surface area contributed by atoms with Crippen LogP contribution in [0.5, 0.6) is 0 Å². The molecule has 2 amide bonds. The lowest BCUT2D eigenvalue weighted by Gasteiger charge is -2.21. The molecule has 0 aliphatic heterocycles. The molecule has 1 N–H and O–H groups in total. The Morgan fingerprint density at radius 1 is 1.33 bits per heavy atom. The van der Waals surface area contributed by atoms with Crippen LogP contribution in [0.1, 0.15) is 35.3 Å². The van der Waals surface area contributed by atoms with Crippen LogP contribution >= 0.6 is 0 Å². The van der Waals surface area contributed by atoms with Gasteiger partial charge in [-0.2, -0.15) is 13.2 Å². The average molecular weight is 385 g/mol. The minimum absolute atomic E-state index is 0.0126. The molecular formula is C17H18F3N3O4. The zero-order chi connectivity index (χ0) is 20.0. The topological polar surface area (TPSA) is 84.7 Å². The quantitative estimate of drug-likeness (QED) is 0.762. The fourth-order valence-electron chi connectivity index (χ4n) is 2.24. The van der Waals surface area contributed by atoms with Gasteiger partial charge >= 0.3 is 18.2 Å². The minimum Gasteiger partial charge on any atom is -0.464 e. The molecule has 0 saturated carbocycles.